The standard InChI is InChI=1S/C23H18BrClN2O2S/c24-19-11-10-18(12-20(19)25)26-22(29)16-6-8-17(9-7-16)23-27(21(28)14-30-23)13-15-4-2-1-3-5-15/h1-12,23H,13-14H2,(H,26,29)/t23-/m1/s1. The first kappa shape index (κ1) is 21.0. The first-order chi connectivity index (χ1) is 14.5. The van der Waals surface area contributed by atoms with Crippen molar-refractivity contribution in [2.24, 2.45) is 0 Å². The van der Waals surface area contributed by atoms with Gasteiger partial charge in [-0.05, 0) is 57.4 Å². The molecule has 1 fully saturated rings. The van der Waals surface area contributed by atoms with E-state index in [1.54, 1.807) is 42.1 Å². The zero-order valence-electron chi connectivity index (χ0n) is 15.8. The van der Waals surface area contributed by atoms with E-state index in [0.717, 1.165) is 15.6 Å². The van der Waals surface area contributed by atoms with Gasteiger partial charge >= 0.3 is 0 Å². The van der Waals surface area contributed by atoms with Gasteiger partial charge in [-0.3, -0.25) is 9.59 Å². The molecule has 4 rings (SSSR count). The van der Waals surface area contributed by atoms with Crippen molar-refractivity contribution in [1.82, 2.24) is 4.90 Å². The van der Waals surface area contributed by atoms with Gasteiger partial charge in [-0.2, -0.15) is 0 Å². The Labute approximate surface area is 192 Å². The Hall–Kier alpha value is -2.28. The smallest absolute Gasteiger partial charge is 0.255 e. The summed E-state index contributed by atoms with van der Waals surface area (Å²) in [6.07, 6.45) is 0. The fourth-order valence-corrected chi connectivity index (χ4v) is 4.87. The average molecular weight is 502 g/mol. The second-order valence-electron chi connectivity index (χ2n) is 6.88. The maximum Gasteiger partial charge on any atom is 0.255 e. The van der Waals surface area contributed by atoms with Gasteiger partial charge in [0.2, 0.25) is 5.91 Å². The predicted molar refractivity (Wildman–Crippen MR) is 126 cm³/mol. The van der Waals surface area contributed by atoms with Gasteiger partial charge in [0.05, 0.1) is 10.8 Å². The summed E-state index contributed by atoms with van der Waals surface area (Å²) in [5.41, 5.74) is 3.28. The highest BCUT2D eigenvalue weighted by Gasteiger charge is 2.32. The molecule has 7 heteroatoms. The van der Waals surface area contributed by atoms with E-state index in [1.165, 1.54) is 0 Å². The van der Waals surface area contributed by atoms with Crippen LogP contribution in [0.4, 0.5) is 5.69 Å². The summed E-state index contributed by atoms with van der Waals surface area (Å²) in [4.78, 5) is 26.9. The molecular formula is C23H18BrClN2O2S. The molecule has 0 bridgehead atoms. The largest absolute Gasteiger partial charge is 0.322 e. The van der Waals surface area contributed by atoms with Crippen LogP contribution >= 0.6 is 39.3 Å². The number of hydrogen-bond acceptors (Lipinski definition) is 3. The van der Waals surface area contributed by atoms with E-state index >= 15 is 0 Å². The van der Waals surface area contributed by atoms with Gasteiger partial charge in [-0.1, -0.05) is 54.1 Å². The fourth-order valence-electron chi connectivity index (χ4n) is 3.26. The first-order valence-corrected chi connectivity index (χ1v) is 11.5. The van der Waals surface area contributed by atoms with Gasteiger partial charge in [0.15, 0.2) is 0 Å². The molecule has 3 aromatic rings. The summed E-state index contributed by atoms with van der Waals surface area (Å²) >= 11 is 11.0. The normalized spacial score (nSPS) is 16.0. The molecule has 0 radical (unpaired) electrons. The number of carbonyl (C=O) groups excluding carboxylic acids is 2. The lowest BCUT2D eigenvalue weighted by atomic mass is 10.1. The van der Waals surface area contributed by atoms with Gasteiger partial charge in [0.1, 0.15) is 5.37 Å². The fraction of sp³-hybridized carbons (Fsp3) is 0.130. The Morgan fingerprint density at radius 1 is 1.10 bits per heavy atom. The minimum absolute atomic E-state index is 0.0555. The van der Waals surface area contributed by atoms with Crippen molar-refractivity contribution < 1.29 is 9.59 Å². The van der Waals surface area contributed by atoms with Crippen LogP contribution in [-0.4, -0.2) is 22.5 Å². The molecular weight excluding hydrogens is 484 g/mol. The molecule has 30 heavy (non-hydrogen) atoms. The number of nitrogens with zero attached hydrogens (tertiary/aromatic N) is 1. The van der Waals surface area contributed by atoms with Crippen molar-refractivity contribution in [2.45, 2.75) is 11.9 Å². The quantitative estimate of drug-likeness (QED) is 0.457. The van der Waals surface area contributed by atoms with E-state index in [1.807, 2.05) is 47.4 Å². The van der Waals surface area contributed by atoms with Crippen molar-refractivity contribution in [2.75, 3.05) is 11.1 Å². The van der Waals surface area contributed by atoms with Crippen molar-refractivity contribution in [1.29, 1.82) is 0 Å². The number of carbonyl (C=O) groups is 2. The summed E-state index contributed by atoms with van der Waals surface area (Å²) in [5, 5.41) is 3.33. The van der Waals surface area contributed by atoms with Crippen molar-refractivity contribution in [3.8, 4) is 0 Å². The molecule has 4 nitrogen and oxygen atoms in total. The third-order valence-corrected chi connectivity index (χ3v) is 7.29. The minimum atomic E-state index is -0.212. The zero-order valence-corrected chi connectivity index (χ0v) is 19.0. The van der Waals surface area contributed by atoms with E-state index in [4.69, 9.17) is 11.6 Å². The van der Waals surface area contributed by atoms with E-state index in [-0.39, 0.29) is 17.2 Å². The molecule has 0 saturated carbocycles. The molecule has 1 N–H and O–H groups in total. The van der Waals surface area contributed by atoms with Gasteiger partial charge in [0, 0.05) is 22.3 Å². The second kappa shape index (κ2) is 9.25. The predicted octanol–water partition coefficient (Wildman–Crippen LogP) is 6.13. The van der Waals surface area contributed by atoms with E-state index in [2.05, 4.69) is 21.2 Å². The first-order valence-electron chi connectivity index (χ1n) is 9.32. The maximum atomic E-state index is 12.6. The van der Waals surface area contributed by atoms with Crippen LogP contribution < -0.4 is 5.32 Å². The molecule has 0 aliphatic carbocycles. The van der Waals surface area contributed by atoms with Crippen LogP contribution in [0.15, 0.2) is 77.3 Å². The Morgan fingerprint density at radius 2 is 1.83 bits per heavy atom. The summed E-state index contributed by atoms with van der Waals surface area (Å²) in [7, 11) is 0. The number of rotatable bonds is 5. The molecule has 152 valence electrons. The van der Waals surface area contributed by atoms with Gasteiger partial charge in [0.25, 0.3) is 5.91 Å². The topological polar surface area (TPSA) is 49.4 Å². The van der Waals surface area contributed by atoms with E-state index in [9.17, 15) is 9.59 Å². The number of anilines is 1. The number of nitrogens with one attached hydrogen (secondary N) is 1. The number of hydrogen-bond donors (Lipinski definition) is 1. The lowest BCUT2D eigenvalue weighted by molar-refractivity contribution is -0.128. The van der Waals surface area contributed by atoms with Gasteiger partial charge in [-0.15, -0.1) is 11.8 Å². The number of benzene rings is 3. The van der Waals surface area contributed by atoms with Crippen LogP contribution in [0, 0.1) is 0 Å². The Bertz CT molecular complexity index is 1080. The maximum absolute atomic E-state index is 12.6. The monoisotopic (exact) mass is 500 g/mol. The molecule has 2 amide bonds. The molecule has 1 atom stereocenters. The third-order valence-electron chi connectivity index (χ3n) is 4.80. The van der Waals surface area contributed by atoms with Crippen LogP contribution in [0.1, 0.15) is 26.9 Å². The molecule has 0 aromatic heterocycles. The van der Waals surface area contributed by atoms with Crippen molar-refractivity contribution >= 4 is 56.8 Å². The minimum Gasteiger partial charge on any atom is -0.322 e. The summed E-state index contributed by atoms with van der Waals surface area (Å²) in [6, 6.07) is 22.6. The Kier molecular flexibility index (Phi) is 6.46. The van der Waals surface area contributed by atoms with Gasteiger partial charge < -0.3 is 10.2 Å². The number of thioether (sulfide) groups is 1. The second-order valence-corrected chi connectivity index (χ2v) is 9.21. The van der Waals surface area contributed by atoms with Crippen LogP contribution in [0.5, 0.6) is 0 Å². The summed E-state index contributed by atoms with van der Waals surface area (Å²) < 4.78 is 0.773. The number of halogens is 2. The zero-order chi connectivity index (χ0) is 21.1. The molecule has 1 saturated heterocycles. The van der Waals surface area contributed by atoms with Crippen molar-refractivity contribution in [3.05, 3.63) is 99.0 Å². The van der Waals surface area contributed by atoms with Crippen LogP contribution in [0.2, 0.25) is 5.02 Å². The van der Waals surface area contributed by atoms with E-state index < -0.39 is 0 Å². The average Bonchev–Trinajstić information content (AvgIpc) is 3.12. The molecule has 0 unspecified atom stereocenters. The highest BCUT2D eigenvalue weighted by Crippen LogP contribution is 2.39. The molecule has 1 aliphatic heterocycles. The number of amides is 2. The van der Waals surface area contributed by atoms with Gasteiger partial charge in [-0.25, -0.2) is 0 Å². The van der Waals surface area contributed by atoms with Crippen LogP contribution in [-0.2, 0) is 11.3 Å². The Morgan fingerprint density at radius 3 is 2.53 bits per heavy atom. The summed E-state index contributed by atoms with van der Waals surface area (Å²) in [6.45, 7) is 0.573. The van der Waals surface area contributed by atoms with E-state index in [0.29, 0.717) is 28.6 Å². The van der Waals surface area contributed by atoms with Crippen molar-refractivity contribution in [3.63, 3.8) is 0 Å². The summed E-state index contributed by atoms with van der Waals surface area (Å²) in [5.74, 6) is 0.378. The lowest BCUT2D eigenvalue weighted by Crippen LogP contribution is -2.27. The molecule has 3 aromatic carbocycles. The highest BCUT2D eigenvalue weighted by molar-refractivity contribution is 9.10. The van der Waals surface area contributed by atoms with Crippen LogP contribution in [0.25, 0.3) is 0 Å². The molecule has 1 heterocycles. The Balaban J connectivity index is 1.47. The molecule has 1 aliphatic rings. The van der Waals surface area contributed by atoms with Crippen LogP contribution in [0.3, 0.4) is 0 Å². The molecule has 0 spiro atoms. The highest BCUT2D eigenvalue weighted by atomic mass is 79.9. The SMILES string of the molecule is O=C(Nc1ccc(Br)c(Cl)c1)c1ccc([C@H]2SCC(=O)N2Cc2ccccc2)cc1. The third kappa shape index (κ3) is 4.72. The lowest BCUT2D eigenvalue weighted by Gasteiger charge is -2.24.